The van der Waals surface area contributed by atoms with Crippen molar-refractivity contribution in [2.24, 2.45) is 0 Å². The van der Waals surface area contributed by atoms with E-state index >= 15 is 0 Å². The van der Waals surface area contributed by atoms with Crippen molar-refractivity contribution in [3.05, 3.63) is 27.1 Å². The highest BCUT2D eigenvalue weighted by Crippen LogP contribution is 2.24. The second kappa shape index (κ2) is 5.45. The molecule has 1 amide bonds. The summed E-state index contributed by atoms with van der Waals surface area (Å²) in [5.41, 5.74) is 0. The molecular weight excluding hydrogens is 254 g/mol. The normalized spacial score (nSPS) is 23.6. The molecule has 1 aliphatic rings. The molecule has 18 heavy (non-hydrogen) atoms. The largest absolute Gasteiger partial charge is 0.348 e. The Bertz CT molecular complexity index is 460. The van der Waals surface area contributed by atoms with E-state index in [1.165, 1.54) is 12.1 Å². The molecule has 1 aliphatic heterocycles. The van der Waals surface area contributed by atoms with Gasteiger partial charge in [0, 0.05) is 18.2 Å². The first-order valence-corrected chi connectivity index (χ1v) is 6.66. The third-order valence-electron chi connectivity index (χ3n) is 2.95. The fourth-order valence-electron chi connectivity index (χ4n) is 2.07. The van der Waals surface area contributed by atoms with Crippen molar-refractivity contribution in [2.45, 2.75) is 31.8 Å². The van der Waals surface area contributed by atoms with Crippen molar-refractivity contribution in [3.63, 3.8) is 0 Å². The molecular formula is C11H15N3O3S. The molecule has 2 unspecified atom stereocenters. The topological polar surface area (TPSA) is 84.3 Å². The third kappa shape index (κ3) is 3.05. The molecule has 2 N–H and O–H groups in total. The van der Waals surface area contributed by atoms with Crippen LogP contribution in [0.15, 0.2) is 12.1 Å². The number of rotatable bonds is 3. The summed E-state index contributed by atoms with van der Waals surface area (Å²) in [4.78, 5) is 22.4. The minimum atomic E-state index is -0.478. The number of nitrogens with zero attached hydrogens (tertiary/aromatic N) is 1. The van der Waals surface area contributed by atoms with Gasteiger partial charge in [-0.1, -0.05) is 11.3 Å². The van der Waals surface area contributed by atoms with E-state index in [1.54, 1.807) is 0 Å². The third-order valence-corrected chi connectivity index (χ3v) is 3.99. The molecule has 0 saturated carbocycles. The molecule has 0 aromatic carbocycles. The lowest BCUT2D eigenvalue weighted by Gasteiger charge is -2.28. The smallest absolute Gasteiger partial charge is 0.324 e. The summed E-state index contributed by atoms with van der Waals surface area (Å²) in [7, 11) is 0. The van der Waals surface area contributed by atoms with Crippen molar-refractivity contribution >= 4 is 22.2 Å². The summed E-state index contributed by atoms with van der Waals surface area (Å²) < 4.78 is 0. The number of hydrogen-bond acceptors (Lipinski definition) is 5. The number of thiophene rings is 1. The molecule has 0 aliphatic carbocycles. The lowest BCUT2D eigenvalue weighted by molar-refractivity contribution is -0.380. The van der Waals surface area contributed by atoms with E-state index in [2.05, 4.69) is 17.6 Å². The Kier molecular flexibility index (Phi) is 3.93. The molecule has 1 fully saturated rings. The van der Waals surface area contributed by atoms with Crippen LogP contribution in [0.4, 0.5) is 5.00 Å². The van der Waals surface area contributed by atoms with Gasteiger partial charge in [-0.3, -0.25) is 14.9 Å². The van der Waals surface area contributed by atoms with E-state index in [1.807, 2.05) is 0 Å². The van der Waals surface area contributed by atoms with Crippen molar-refractivity contribution < 1.29 is 9.72 Å². The number of nitro groups is 1. The lowest BCUT2D eigenvalue weighted by atomic mass is 10.0. The second-order valence-electron chi connectivity index (χ2n) is 4.44. The maximum absolute atomic E-state index is 11.9. The predicted octanol–water partition coefficient (Wildman–Crippen LogP) is 1.53. The monoisotopic (exact) mass is 269 g/mol. The molecule has 0 bridgehead atoms. The highest BCUT2D eigenvalue weighted by Gasteiger charge is 2.22. The van der Waals surface area contributed by atoms with Gasteiger partial charge in [0.1, 0.15) is 0 Å². The van der Waals surface area contributed by atoms with Crippen molar-refractivity contribution in [1.82, 2.24) is 10.6 Å². The second-order valence-corrected chi connectivity index (χ2v) is 5.51. The van der Waals surface area contributed by atoms with E-state index in [-0.39, 0.29) is 17.0 Å². The number of carbonyl (C=O) groups is 1. The number of carbonyl (C=O) groups excluding carboxylic acids is 1. The first-order valence-electron chi connectivity index (χ1n) is 5.84. The SMILES string of the molecule is CC1CC(NC(=O)c2ccc([N+](=O)[O-])s2)CCN1. The molecule has 1 aromatic rings. The maximum atomic E-state index is 11.9. The van der Waals surface area contributed by atoms with E-state index in [4.69, 9.17) is 0 Å². The zero-order chi connectivity index (χ0) is 13.1. The summed E-state index contributed by atoms with van der Waals surface area (Å²) in [6, 6.07) is 3.41. The highest BCUT2D eigenvalue weighted by molar-refractivity contribution is 7.17. The Labute approximate surface area is 109 Å². The van der Waals surface area contributed by atoms with Gasteiger partial charge >= 0.3 is 5.00 Å². The van der Waals surface area contributed by atoms with Crippen LogP contribution < -0.4 is 10.6 Å². The molecule has 1 saturated heterocycles. The van der Waals surface area contributed by atoms with Gasteiger partial charge in [-0.25, -0.2) is 0 Å². The van der Waals surface area contributed by atoms with Gasteiger partial charge in [0.15, 0.2) is 0 Å². The zero-order valence-electron chi connectivity index (χ0n) is 10.0. The number of nitrogens with one attached hydrogen (secondary N) is 2. The molecule has 0 spiro atoms. The standard InChI is InChI=1S/C11H15N3O3S/c1-7-6-8(4-5-12-7)13-11(15)9-2-3-10(18-9)14(16)17/h2-3,7-8,12H,4-6H2,1H3,(H,13,15). The number of amides is 1. The van der Waals surface area contributed by atoms with Crippen LogP contribution in [-0.4, -0.2) is 29.5 Å². The summed E-state index contributed by atoms with van der Waals surface area (Å²) in [5.74, 6) is -0.216. The van der Waals surface area contributed by atoms with E-state index in [0.29, 0.717) is 10.9 Å². The van der Waals surface area contributed by atoms with Crippen LogP contribution in [0.2, 0.25) is 0 Å². The molecule has 0 radical (unpaired) electrons. The summed E-state index contributed by atoms with van der Waals surface area (Å²) in [5, 5.41) is 16.8. The average molecular weight is 269 g/mol. The van der Waals surface area contributed by atoms with E-state index in [0.717, 1.165) is 30.7 Å². The van der Waals surface area contributed by atoms with Crippen molar-refractivity contribution in [1.29, 1.82) is 0 Å². The molecule has 2 heterocycles. The van der Waals surface area contributed by atoms with Gasteiger partial charge < -0.3 is 10.6 Å². The van der Waals surface area contributed by atoms with E-state index in [9.17, 15) is 14.9 Å². The fourth-order valence-corrected chi connectivity index (χ4v) is 2.79. The van der Waals surface area contributed by atoms with Crippen LogP contribution in [0.5, 0.6) is 0 Å². The van der Waals surface area contributed by atoms with Crippen molar-refractivity contribution in [3.8, 4) is 0 Å². The van der Waals surface area contributed by atoms with Gasteiger partial charge in [0.05, 0.1) is 9.80 Å². The first-order chi connectivity index (χ1) is 8.56. The highest BCUT2D eigenvalue weighted by atomic mass is 32.1. The van der Waals surface area contributed by atoms with Gasteiger partial charge in [-0.05, 0) is 32.4 Å². The summed E-state index contributed by atoms with van der Waals surface area (Å²) in [6.45, 7) is 2.96. The molecule has 1 aromatic heterocycles. The molecule has 2 rings (SSSR count). The van der Waals surface area contributed by atoms with Gasteiger partial charge in [-0.2, -0.15) is 0 Å². The molecule has 2 atom stereocenters. The minimum absolute atomic E-state index is 0.00108. The average Bonchev–Trinajstić information content (AvgIpc) is 2.78. The maximum Gasteiger partial charge on any atom is 0.324 e. The Morgan fingerprint density at radius 1 is 1.61 bits per heavy atom. The zero-order valence-corrected chi connectivity index (χ0v) is 10.8. The quantitative estimate of drug-likeness (QED) is 0.643. The summed E-state index contributed by atoms with van der Waals surface area (Å²) >= 11 is 0.912. The Hall–Kier alpha value is -1.47. The van der Waals surface area contributed by atoms with E-state index < -0.39 is 4.92 Å². The fraction of sp³-hybridized carbons (Fsp3) is 0.545. The Morgan fingerprint density at radius 3 is 3.00 bits per heavy atom. The van der Waals surface area contributed by atoms with Crippen LogP contribution in [0.25, 0.3) is 0 Å². The lowest BCUT2D eigenvalue weighted by Crippen LogP contribution is -2.46. The van der Waals surface area contributed by atoms with Crippen LogP contribution in [-0.2, 0) is 0 Å². The van der Waals surface area contributed by atoms with Crippen LogP contribution in [0.1, 0.15) is 29.4 Å². The van der Waals surface area contributed by atoms with Crippen molar-refractivity contribution in [2.75, 3.05) is 6.54 Å². The minimum Gasteiger partial charge on any atom is -0.348 e. The Morgan fingerprint density at radius 2 is 2.39 bits per heavy atom. The molecule has 98 valence electrons. The first kappa shape index (κ1) is 13.0. The number of hydrogen-bond donors (Lipinski definition) is 2. The van der Waals surface area contributed by atoms with Crippen LogP contribution in [0.3, 0.4) is 0 Å². The Balaban J connectivity index is 1.96. The van der Waals surface area contributed by atoms with Crippen LogP contribution >= 0.6 is 11.3 Å². The molecule has 6 nitrogen and oxygen atoms in total. The number of piperidine rings is 1. The predicted molar refractivity (Wildman–Crippen MR) is 68.9 cm³/mol. The summed E-state index contributed by atoms with van der Waals surface area (Å²) in [6.07, 6.45) is 1.78. The van der Waals surface area contributed by atoms with Gasteiger partial charge in [-0.15, -0.1) is 0 Å². The van der Waals surface area contributed by atoms with Crippen LogP contribution in [0, 0.1) is 10.1 Å². The molecule has 7 heteroatoms. The van der Waals surface area contributed by atoms with Gasteiger partial charge in [0.25, 0.3) is 5.91 Å². The van der Waals surface area contributed by atoms with Gasteiger partial charge in [0.2, 0.25) is 0 Å².